The van der Waals surface area contributed by atoms with Crippen LogP contribution in [-0.2, 0) is 0 Å². The fraction of sp³-hybridized carbons (Fsp3) is 0.583. The average Bonchev–Trinajstić information content (AvgIpc) is 2.52. The van der Waals surface area contributed by atoms with E-state index in [4.69, 9.17) is 5.26 Å². The third kappa shape index (κ3) is 3.60. The SMILES string of the molecule is Cc1cc(C(C#N)NCCN(C)C)c(C)s1. The number of nitrogens with zero attached hydrogens (tertiary/aromatic N) is 2. The zero-order valence-electron chi connectivity index (χ0n) is 10.4. The minimum Gasteiger partial charge on any atom is -0.308 e. The summed E-state index contributed by atoms with van der Waals surface area (Å²) in [4.78, 5) is 4.61. The number of rotatable bonds is 5. The summed E-state index contributed by atoms with van der Waals surface area (Å²) in [7, 11) is 4.06. The van der Waals surface area contributed by atoms with E-state index in [-0.39, 0.29) is 6.04 Å². The van der Waals surface area contributed by atoms with Crippen LogP contribution in [0.4, 0.5) is 0 Å². The second-order valence-corrected chi connectivity index (χ2v) is 5.65. The van der Waals surface area contributed by atoms with Gasteiger partial charge in [-0.2, -0.15) is 5.26 Å². The molecule has 0 bridgehead atoms. The Hall–Kier alpha value is -0.890. The molecule has 0 amide bonds. The average molecular weight is 237 g/mol. The van der Waals surface area contributed by atoms with Crippen LogP contribution in [-0.4, -0.2) is 32.1 Å². The summed E-state index contributed by atoms with van der Waals surface area (Å²) in [5.74, 6) is 0. The number of thiophene rings is 1. The highest BCUT2D eigenvalue weighted by molar-refractivity contribution is 7.12. The van der Waals surface area contributed by atoms with Crippen LogP contribution in [0.2, 0.25) is 0 Å². The molecule has 1 heterocycles. The monoisotopic (exact) mass is 237 g/mol. The van der Waals surface area contributed by atoms with Crippen molar-refractivity contribution in [1.29, 1.82) is 5.26 Å². The summed E-state index contributed by atoms with van der Waals surface area (Å²) in [6, 6.07) is 4.25. The minimum absolute atomic E-state index is 0.176. The van der Waals surface area contributed by atoms with Gasteiger partial charge >= 0.3 is 0 Å². The second kappa shape index (κ2) is 6.00. The molecule has 1 N–H and O–H groups in total. The standard InChI is InChI=1S/C12H19N3S/c1-9-7-11(10(2)16-9)12(8-13)14-5-6-15(3)4/h7,12,14H,5-6H2,1-4H3. The van der Waals surface area contributed by atoms with Gasteiger partial charge in [0.05, 0.1) is 6.07 Å². The van der Waals surface area contributed by atoms with Gasteiger partial charge in [0.2, 0.25) is 0 Å². The minimum atomic E-state index is -0.176. The number of nitrogens with one attached hydrogen (secondary N) is 1. The van der Waals surface area contributed by atoms with Gasteiger partial charge in [-0.3, -0.25) is 5.32 Å². The summed E-state index contributed by atoms with van der Waals surface area (Å²) in [5, 5.41) is 12.4. The van der Waals surface area contributed by atoms with Crippen LogP contribution in [0, 0.1) is 25.2 Å². The van der Waals surface area contributed by atoms with E-state index < -0.39 is 0 Å². The molecule has 1 unspecified atom stereocenters. The van der Waals surface area contributed by atoms with E-state index in [0.717, 1.165) is 18.7 Å². The largest absolute Gasteiger partial charge is 0.308 e. The molecule has 0 spiro atoms. The lowest BCUT2D eigenvalue weighted by atomic mass is 10.1. The lowest BCUT2D eigenvalue weighted by Gasteiger charge is -2.14. The number of nitriles is 1. The van der Waals surface area contributed by atoms with Crippen molar-refractivity contribution >= 4 is 11.3 Å². The molecule has 1 aromatic heterocycles. The van der Waals surface area contributed by atoms with E-state index in [1.54, 1.807) is 11.3 Å². The van der Waals surface area contributed by atoms with Crippen LogP contribution in [0.25, 0.3) is 0 Å². The smallest absolute Gasteiger partial charge is 0.122 e. The Morgan fingerprint density at radius 1 is 1.50 bits per heavy atom. The van der Waals surface area contributed by atoms with Crippen LogP contribution >= 0.6 is 11.3 Å². The van der Waals surface area contributed by atoms with Crippen LogP contribution in [0.15, 0.2) is 6.07 Å². The van der Waals surface area contributed by atoms with Crippen molar-refractivity contribution in [3.05, 3.63) is 21.4 Å². The van der Waals surface area contributed by atoms with Crippen molar-refractivity contribution < 1.29 is 0 Å². The van der Waals surface area contributed by atoms with Gasteiger partial charge in [0.15, 0.2) is 0 Å². The third-order valence-corrected chi connectivity index (χ3v) is 3.41. The quantitative estimate of drug-likeness (QED) is 0.852. The Morgan fingerprint density at radius 2 is 2.19 bits per heavy atom. The zero-order valence-corrected chi connectivity index (χ0v) is 11.2. The Kier molecular flexibility index (Phi) is 4.94. The van der Waals surface area contributed by atoms with Crippen molar-refractivity contribution in [2.24, 2.45) is 0 Å². The zero-order chi connectivity index (χ0) is 12.1. The number of hydrogen-bond acceptors (Lipinski definition) is 4. The van der Waals surface area contributed by atoms with E-state index in [2.05, 4.69) is 36.2 Å². The first-order chi connectivity index (χ1) is 7.54. The van der Waals surface area contributed by atoms with Gasteiger partial charge in [-0.1, -0.05) is 0 Å². The molecule has 0 aliphatic rings. The van der Waals surface area contributed by atoms with Crippen molar-refractivity contribution in [3.8, 4) is 6.07 Å². The highest BCUT2D eigenvalue weighted by Gasteiger charge is 2.14. The van der Waals surface area contributed by atoms with Crippen LogP contribution in [0.1, 0.15) is 21.4 Å². The normalized spacial score (nSPS) is 12.8. The molecule has 0 aliphatic heterocycles. The van der Waals surface area contributed by atoms with E-state index in [1.807, 2.05) is 14.1 Å². The lowest BCUT2D eigenvalue weighted by molar-refractivity contribution is 0.395. The Bertz CT molecular complexity index is 376. The molecule has 0 radical (unpaired) electrons. The number of likely N-dealkylation sites (N-methyl/N-ethyl adjacent to an activating group) is 1. The lowest BCUT2D eigenvalue weighted by Crippen LogP contribution is -2.29. The highest BCUT2D eigenvalue weighted by atomic mass is 32.1. The topological polar surface area (TPSA) is 39.1 Å². The van der Waals surface area contributed by atoms with Crippen molar-refractivity contribution in [1.82, 2.24) is 10.2 Å². The van der Waals surface area contributed by atoms with Crippen molar-refractivity contribution in [2.75, 3.05) is 27.2 Å². The summed E-state index contributed by atoms with van der Waals surface area (Å²) in [6.07, 6.45) is 0. The predicted molar refractivity (Wildman–Crippen MR) is 68.7 cm³/mol. The summed E-state index contributed by atoms with van der Waals surface area (Å²) < 4.78 is 0. The molecular formula is C12H19N3S. The molecule has 1 atom stereocenters. The Labute approximate surface area is 102 Å². The fourth-order valence-corrected chi connectivity index (χ4v) is 2.56. The van der Waals surface area contributed by atoms with Crippen LogP contribution in [0.3, 0.4) is 0 Å². The first kappa shape index (κ1) is 13.2. The molecule has 0 aromatic carbocycles. The van der Waals surface area contributed by atoms with Gasteiger partial charge in [0, 0.05) is 22.8 Å². The Balaban J connectivity index is 2.62. The molecule has 88 valence electrons. The molecule has 0 saturated carbocycles. The van der Waals surface area contributed by atoms with E-state index >= 15 is 0 Å². The maximum absolute atomic E-state index is 9.16. The molecule has 16 heavy (non-hydrogen) atoms. The van der Waals surface area contributed by atoms with Gasteiger partial charge in [0.25, 0.3) is 0 Å². The fourth-order valence-electron chi connectivity index (χ4n) is 1.59. The van der Waals surface area contributed by atoms with E-state index in [9.17, 15) is 0 Å². The first-order valence-electron chi connectivity index (χ1n) is 5.39. The predicted octanol–water partition coefficient (Wildman–Crippen LogP) is 2.08. The first-order valence-corrected chi connectivity index (χ1v) is 6.21. The van der Waals surface area contributed by atoms with Gasteiger partial charge in [-0.05, 0) is 39.6 Å². The number of hydrogen-bond donors (Lipinski definition) is 1. The molecule has 0 aliphatic carbocycles. The van der Waals surface area contributed by atoms with E-state index in [0.29, 0.717) is 0 Å². The van der Waals surface area contributed by atoms with Gasteiger partial charge in [0.1, 0.15) is 6.04 Å². The molecule has 1 rings (SSSR count). The highest BCUT2D eigenvalue weighted by Crippen LogP contribution is 2.25. The maximum atomic E-state index is 9.16. The Morgan fingerprint density at radius 3 is 2.62 bits per heavy atom. The van der Waals surface area contributed by atoms with Crippen molar-refractivity contribution in [3.63, 3.8) is 0 Å². The molecule has 4 heteroatoms. The molecule has 3 nitrogen and oxygen atoms in total. The van der Waals surface area contributed by atoms with Crippen LogP contribution in [0.5, 0.6) is 0 Å². The molecule has 0 fully saturated rings. The van der Waals surface area contributed by atoms with Gasteiger partial charge in [-0.25, -0.2) is 0 Å². The van der Waals surface area contributed by atoms with Crippen LogP contribution < -0.4 is 5.32 Å². The third-order valence-electron chi connectivity index (χ3n) is 2.43. The number of aryl methyl sites for hydroxylation is 2. The molecular weight excluding hydrogens is 218 g/mol. The summed E-state index contributed by atoms with van der Waals surface area (Å²) in [6.45, 7) is 5.93. The molecule has 1 aromatic rings. The van der Waals surface area contributed by atoms with E-state index in [1.165, 1.54) is 9.75 Å². The van der Waals surface area contributed by atoms with Gasteiger partial charge < -0.3 is 4.90 Å². The van der Waals surface area contributed by atoms with Gasteiger partial charge in [-0.15, -0.1) is 11.3 Å². The van der Waals surface area contributed by atoms with Crippen molar-refractivity contribution in [2.45, 2.75) is 19.9 Å². The summed E-state index contributed by atoms with van der Waals surface area (Å²) in [5.41, 5.74) is 1.13. The molecule has 0 saturated heterocycles. The second-order valence-electron chi connectivity index (χ2n) is 4.19. The summed E-state index contributed by atoms with van der Waals surface area (Å²) >= 11 is 1.75. The maximum Gasteiger partial charge on any atom is 0.122 e.